The highest BCUT2D eigenvalue weighted by Crippen LogP contribution is 2.11. The van der Waals surface area contributed by atoms with E-state index in [2.05, 4.69) is 37.4 Å². The summed E-state index contributed by atoms with van der Waals surface area (Å²) in [6.45, 7) is 6.83. The van der Waals surface area contributed by atoms with Gasteiger partial charge in [-0.05, 0) is 45.0 Å². The Morgan fingerprint density at radius 3 is 2.80 bits per heavy atom. The van der Waals surface area contributed by atoms with E-state index in [0.717, 1.165) is 26.2 Å². The molecule has 0 amide bonds. The molecule has 0 aliphatic rings. The van der Waals surface area contributed by atoms with Crippen LogP contribution in [0.1, 0.15) is 23.1 Å². The maximum absolute atomic E-state index is 5.62. The SMILES string of the molecule is CNCCCOCc1cc(C)ccc1C. The summed E-state index contributed by atoms with van der Waals surface area (Å²) in [4.78, 5) is 0. The van der Waals surface area contributed by atoms with E-state index >= 15 is 0 Å². The molecule has 2 heteroatoms. The van der Waals surface area contributed by atoms with Crippen LogP contribution in [0.15, 0.2) is 18.2 Å². The summed E-state index contributed by atoms with van der Waals surface area (Å²) in [5.41, 5.74) is 3.92. The molecule has 0 aliphatic heterocycles. The van der Waals surface area contributed by atoms with Gasteiger partial charge in [0.2, 0.25) is 0 Å². The first-order valence-corrected chi connectivity index (χ1v) is 5.52. The second kappa shape index (κ2) is 6.59. The van der Waals surface area contributed by atoms with Crippen LogP contribution in [0.4, 0.5) is 0 Å². The largest absolute Gasteiger partial charge is 0.377 e. The lowest BCUT2D eigenvalue weighted by Gasteiger charge is -2.08. The molecule has 0 saturated heterocycles. The number of benzene rings is 1. The lowest BCUT2D eigenvalue weighted by atomic mass is 10.1. The van der Waals surface area contributed by atoms with E-state index in [9.17, 15) is 0 Å². The molecular formula is C13H21NO. The predicted molar refractivity (Wildman–Crippen MR) is 64.1 cm³/mol. The Morgan fingerprint density at radius 1 is 1.27 bits per heavy atom. The molecule has 0 radical (unpaired) electrons. The molecule has 0 aromatic heterocycles. The van der Waals surface area contributed by atoms with Crippen LogP contribution in [0, 0.1) is 13.8 Å². The molecule has 1 aromatic rings. The smallest absolute Gasteiger partial charge is 0.0719 e. The molecule has 1 aromatic carbocycles. The van der Waals surface area contributed by atoms with E-state index in [4.69, 9.17) is 4.74 Å². The topological polar surface area (TPSA) is 21.3 Å². The van der Waals surface area contributed by atoms with Gasteiger partial charge in [-0.3, -0.25) is 0 Å². The summed E-state index contributed by atoms with van der Waals surface area (Å²) in [7, 11) is 1.96. The van der Waals surface area contributed by atoms with Crippen molar-refractivity contribution in [2.75, 3.05) is 20.2 Å². The molecule has 0 heterocycles. The molecule has 84 valence electrons. The average Bonchev–Trinajstić information content (AvgIpc) is 2.23. The molecule has 15 heavy (non-hydrogen) atoms. The zero-order valence-corrected chi connectivity index (χ0v) is 9.97. The van der Waals surface area contributed by atoms with Crippen molar-refractivity contribution in [2.24, 2.45) is 0 Å². The highest BCUT2D eigenvalue weighted by Gasteiger charge is 1.98. The number of hydrogen-bond acceptors (Lipinski definition) is 2. The second-order valence-electron chi connectivity index (χ2n) is 3.94. The second-order valence-corrected chi connectivity index (χ2v) is 3.94. The molecule has 0 atom stereocenters. The first-order chi connectivity index (χ1) is 7.24. The van der Waals surface area contributed by atoms with Crippen molar-refractivity contribution in [3.05, 3.63) is 34.9 Å². The van der Waals surface area contributed by atoms with Gasteiger partial charge in [0.05, 0.1) is 6.61 Å². The minimum Gasteiger partial charge on any atom is -0.377 e. The van der Waals surface area contributed by atoms with Gasteiger partial charge >= 0.3 is 0 Å². The zero-order valence-electron chi connectivity index (χ0n) is 9.97. The minimum atomic E-state index is 0.733. The highest BCUT2D eigenvalue weighted by molar-refractivity contribution is 5.29. The zero-order chi connectivity index (χ0) is 11.1. The summed E-state index contributed by atoms with van der Waals surface area (Å²) in [6, 6.07) is 6.49. The monoisotopic (exact) mass is 207 g/mol. The number of rotatable bonds is 6. The van der Waals surface area contributed by atoms with Crippen molar-refractivity contribution < 1.29 is 4.74 Å². The highest BCUT2D eigenvalue weighted by atomic mass is 16.5. The van der Waals surface area contributed by atoms with Gasteiger partial charge in [-0.15, -0.1) is 0 Å². The Morgan fingerprint density at radius 2 is 2.07 bits per heavy atom. The standard InChI is InChI=1S/C13H21NO/c1-11-5-6-12(2)13(9-11)10-15-8-4-7-14-3/h5-6,9,14H,4,7-8,10H2,1-3H3. The maximum atomic E-state index is 5.62. The Kier molecular flexibility index (Phi) is 5.37. The van der Waals surface area contributed by atoms with E-state index in [1.54, 1.807) is 0 Å². The Bertz CT molecular complexity index is 297. The van der Waals surface area contributed by atoms with Crippen molar-refractivity contribution >= 4 is 0 Å². The Hall–Kier alpha value is -0.860. The summed E-state index contributed by atoms with van der Waals surface area (Å²) in [5.74, 6) is 0. The van der Waals surface area contributed by atoms with Crippen molar-refractivity contribution in [3.63, 3.8) is 0 Å². The average molecular weight is 207 g/mol. The molecule has 0 fully saturated rings. The van der Waals surface area contributed by atoms with Gasteiger partial charge < -0.3 is 10.1 Å². The quantitative estimate of drug-likeness (QED) is 0.723. The molecule has 1 N–H and O–H groups in total. The van der Waals surface area contributed by atoms with Crippen molar-refractivity contribution in [1.82, 2.24) is 5.32 Å². The predicted octanol–water partition coefficient (Wildman–Crippen LogP) is 2.43. The van der Waals surface area contributed by atoms with Crippen LogP contribution in [0.25, 0.3) is 0 Å². The molecule has 0 saturated carbocycles. The van der Waals surface area contributed by atoms with Crippen molar-refractivity contribution in [3.8, 4) is 0 Å². The minimum absolute atomic E-state index is 0.733. The van der Waals surface area contributed by atoms with Crippen molar-refractivity contribution in [2.45, 2.75) is 26.9 Å². The number of nitrogens with one attached hydrogen (secondary N) is 1. The summed E-state index contributed by atoms with van der Waals surface area (Å²) >= 11 is 0. The maximum Gasteiger partial charge on any atom is 0.0719 e. The van der Waals surface area contributed by atoms with Crippen LogP contribution < -0.4 is 5.32 Å². The van der Waals surface area contributed by atoms with E-state index in [-0.39, 0.29) is 0 Å². The first kappa shape index (κ1) is 12.2. The van der Waals surface area contributed by atoms with E-state index in [1.165, 1.54) is 16.7 Å². The fraction of sp³-hybridized carbons (Fsp3) is 0.538. The molecule has 0 aliphatic carbocycles. The molecular weight excluding hydrogens is 186 g/mol. The fourth-order valence-electron chi connectivity index (χ4n) is 1.49. The summed E-state index contributed by atoms with van der Waals surface area (Å²) in [6.07, 6.45) is 1.07. The van der Waals surface area contributed by atoms with Gasteiger partial charge in [-0.25, -0.2) is 0 Å². The van der Waals surface area contributed by atoms with Crippen LogP contribution in [0.5, 0.6) is 0 Å². The third kappa shape index (κ3) is 4.45. The molecule has 0 bridgehead atoms. The van der Waals surface area contributed by atoms with E-state index < -0.39 is 0 Å². The number of ether oxygens (including phenoxy) is 1. The summed E-state index contributed by atoms with van der Waals surface area (Å²) < 4.78 is 5.62. The normalized spacial score (nSPS) is 10.6. The Labute approximate surface area is 92.6 Å². The first-order valence-electron chi connectivity index (χ1n) is 5.52. The fourth-order valence-corrected chi connectivity index (χ4v) is 1.49. The van der Waals surface area contributed by atoms with Crippen LogP contribution in [0.2, 0.25) is 0 Å². The lowest BCUT2D eigenvalue weighted by Crippen LogP contribution is -2.10. The third-order valence-corrected chi connectivity index (χ3v) is 2.48. The van der Waals surface area contributed by atoms with Gasteiger partial charge in [0.25, 0.3) is 0 Å². The number of hydrogen-bond donors (Lipinski definition) is 1. The molecule has 2 nitrogen and oxygen atoms in total. The lowest BCUT2D eigenvalue weighted by molar-refractivity contribution is 0.118. The van der Waals surface area contributed by atoms with E-state index in [1.807, 2.05) is 7.05 Å². The van der Waals surface area contributed by atoms with Gasteiger partial charge in [0.1, 0.15) is 0 Å². The van der Waals surface area contributed by atoms with Gasteiger partial charge in [-0.2, -0.15) is 0 Å². The van der Waals surface area contributed by atoms with Gasteiger partial charge in [-0.1, -0.05) is 23.8 Å². The van der Waals surface area contributed by atoms with Crippen LogP contribution in [0.3, 0.4) is 0 Å². The van der Waals surface area contributed by atoms with Gasteiger partial charge in [0.15, 0.2) is 0 Å². The molecule has 0 spiro atoms. The van der Waals surface area contributed by atoms with Gasteiger partial charge in [0, 0.05) is 6.61 Å². The Balaban J connectivity index is 2.33. The van der Waals surface area contributed by atoms with E-state index in [0.29, 0.717) is 0 Å². The van der Waals surface area contributed by atoms with Crippen molar-refractivity contribution in [1.29, 1.82) is 0 Å². The molecule has 1 rings (SSSR count). The van der Waals surface area contributed by atoms with Crippen LogP contribution in [-0.2, 0) is 11.3 Å². The summed E-state index contributed by atoms with van der Waals surface area (Å²) in [5, 5.41) is 3.11. The third-order valence-electron chi connectivity index (χ3n) is 2.48. The van der Waals surface area contributed by atoms with Crippen LogP contribution in [-0.4, -0.2) is 20.2 Å². The number of aryl methyl sites for hydroxylation is 2. The van der Waals surface area contributed by atoms with Crippen LogP contribution >= 0.6 is 0 Å². The molecule has 0 unspecified atom stereocenters.